The molecule has 126 valence electrons. The summed E-state index contributed by atoms with van der Waals surface area (Å²) in [5.41, 5.74) is 2.90. The third-order valence-electron chi connectivity index (χ3n) is 3.58. The van der Waals surface area contributed by atoms with Crippen LogP contribution in [0, 0.1) is 0 Å². The zero-order valence-corrected chi connectivity index (χ0v) is 13.6. The van der Waals surface area contributed by atoms with Crippen LogP contribution in [-0.2, 0) is 16.0 Å². The third kappa shape index (κ3) is 4.79. The molecule has 1 unspecified atom stereocenters. The minimum absolute atomic E-state index is 0.368. The fourth-order valence-corrected chi connectivity index (χ4v) is 2.18. The molecular weight excluding hydrogens is 298 g/mol. The van der Waals surface area contributed by atoms with Crippen molar-refractivity contribution in [3.63, 3.8) is 0 Å². The van der Waals surface area contributed by atoms with Gasteiger partial charge in [0.05, 0.1) is 0 Å². The van der Waals surface area contributed by atoms with Crippen molar-refractivity contribution in [2.45, 2.75) is 32.2 Å². The Balaban J connectivity index is 2.92. The Kier molecular flexibility index (Phi) is 7.21. The normalized spacial score (nSPS) is 11.5. The number of carbonyl (C=O) groups is 3. The summed E-state index contributed by atoms with van der Waals surface area (Å²) in [7, 11) is 2.68. The third-order valence-corrected chi connectivity index (χ3v) is 3.58. The molecule has 0 radical (unpaired) electrons. The summed E-state index contributed by atoms with van der Waals surface area (Å²) in [5, 5.41) is 11.0. The number of unbranched alkanes of at least 4 members (excludes halogenated alkanes) is 1. The monoisotopic (exact) mass is 321 g/mol. The molecule has 1 aromatic carbocycles. The van der Waals surface area contributed by atoms with E-state index in [0.717, 1.165) is 29.7 Å². The zero-order chi connectivity index (χ0) is 17.4. The Hall–Kier alpha value is -2.41. The maximum atomic E-state index is 12.4. The van der Waals surface area contributed by atoms with Gasteiger partial charge in [0.2, 0.25) is 0 Å². The summed E-state index contributed by atoms with van der Waals surface area (Å²) in [6.45, 7) is 2.11. The van der Waals surface area contributed by atoms with Crippen molar-refractivity contribution < 1.29 is 19.6 Å². The van der Waals surface area contributed by atoms with E-state index in [4.69, 9.17) is 5.21 Å². The van der Waals surface area contributed by atoms with Crippen LogP contribution >= 0.6 is 0 Å². The second-order valence-electron chi connectivity index (χ2n) is 5.21. The highest BCUT2D eigenvalue weighted by molar-refractivity contribution is 6.08. The Morgan fingerprint density at radius 2 is 1.78 bits per heavy atom. The number of hydrogen-bond acceptors (Lipinski definition) is 4. The van der Waals surface area contributed by atoms with Crippen LogP contribution in [0.4, 0.5) is 0 Å². The van der Waals surface area contributed by atoms with Gasteiger partial charge in [0.1, 0.15) is 0 Å². The van der Waals surface area contributed by atoms with Crippen molar-refractivity contribution in [1.82, 2.24) is 15.7 Å². The highest BCUT2D eigenvalue weighted by atomic mass is 16.5. The molecule has 23 heavy (non-hydrogen) atoms. The van der Waals surface area contributed by atoms with E-state index >= 15 is 0 Å². The van der Waals surface area contributed by atoms with Gasteiger partial charge in [-0.1, -0.05) is 25.5 Å². The maximum Gasteiger partial charge on any atom is 0.275 e. The van der Waals surface area contributed by atoms with E-state index in [2.05, 4.69) is 12.2 Å². The fraction of sp³-hybridized carbons (Fsp3) is 0.438. The minimum Gasteiger partial charge on any atom is -0.357 e. The van der Waals surface area contributed by atoms with Gasteiger partial charge in [0, 0.05) is 19.7 Å². The number of hydroxylamine groups is 1. The average Bonchev–Trinajstić information content (AvgIpc) is 2.59. The average molecular weight is 321 g/mol. The maximum absolute atomic E-state index is 12.4. The summed E-state index contributed by atoms with van der Waals surface area (Å²) in [6, 6.07) is 5.61. The van der Waals surface area contributed by atoms with Crippen LogP contribution in [0.15, 0.2) is 24.3 Å². The van der Waals surface area contributed by atoms with Crippen molar-refractivity contribution in [3.05, 3.63) is 35.4 Å². The van der Waals surface area contributed by atoms with E-state index in [1.807, 2.05) is 12.1 Å². The Morgan fingerprint density at radius 3 is 2.26 bits per heavy atom. The number of amides is 3. The van der Waals surface area contributed by atoms with E-state index in [1.165, 1.54) is 19.6 Å². The van der Waals surface area contributed by atoms with Crippen LogP contribution in [0.5, 0.6) is 0 Å². The van der Waals surface area contributed by atoms with Gasteiger partial charge in [-0.25, -0.2) is 5.48 Å². The lowest BCUT2D eigenvalue weighted by Gasteiger charge is -2.25. The summed E-state index contributed by atoms with van der Waals surface area (Å²) >= 11 is 0. The number of nitrogens with one attached hydrogen (secondary N) is 2. The van der Waals surface area contributed by atoms with Gasteiger partial charge in [-0.15, -0.1) is 0 Å². The van der Waals surface area contributed by atoms with Crippen LogP contribution in [-0.4, -0.2) is 48.0 Å². The SMILES string of the molecule is CCCCc1ccc(C(=O)N(C)C(C(=O)NC)C(=O)NO)cc1. The Labute approximate surface area is 135 Å². The minimum atomic E-state index is -1.45. The molecular formula is C16H23N3O4. The van der Waals surface area contributed by atoms with Crippen molar-refractivity contribution in [2.75, 3.05) is 14.1 Å². The molecule has 0 spiro atoms. The quantitative estimate of drug-likeness (QED) is 0.391. The molecule has 0 heterocycles. The number of likely N-dealkylation sites (N-methyl/N-ethyl adjacent to an activating group) is 2. The zero-order valence-electron chi connectivity index (χ0n) is 13.6. The van der Waals surface area contributed by atoms with Gasteiger partial charge in [-0.3, -0.25) is 19.6 Å². The molecule has 0 fully saturated rings. The number of hydrogen-bond donors (Lipinski definition) is 3. The van der Waals surface area contributed by atoms with Gasteiger partial charge < -0.3 is 10.2 Å². The Bertz CT molecular complexity index is 541. The summed E-state index contributed by atoms with van der Waals surface area (Å²) in [5.74, 6) is -2.14. The largest absolute Gasteiger partial charge is 0.357 e. The van der Waals surface area contributed by atoms with Crippen LogP contribution in [0.3, 0.4) is 0 Å². The molecule has 7 heteroatoms. The summed E-state index contributed by atoms with van der Waals surface area (Å²) in [6.07, 6.45) is 3.10. The van der Waals surface area contributed by atoms with Crippen molar-refractivity contribution in [2.24, 2.45) is 0 Å². The molecule has 0 bridgehead atoms. The standard InChI is InChI=1S/C16H23N3O4/c1-4-5-6-11-7-9-12(10-8-11)16(22)19(3)13(14(20)17-2)15(21)18-23/h7-10,13,23H,4-6H2,1-3H3,(H,17,20)(H,18,21). The fourth-order valence-electron chi connectivity index (χ4n) is 2.18. The number of aryl methyl sites for hydroxylation is 1. The van der Waals surface area contributed by atoms with Gasteiger partial charge in [-0.05, 0) is 30.5 Å². The highest BCUT2D eigenvalue weighted by Gasteiger charge is 2.33. The molecule has 3 amide bonds. The van der Waals surface area contributed by atoms with Crippen molar-refractivity contribution >= 4 is 17.7 Å². The smallest absolute Gasteiger partial charge is 0.275 e. The number of nitrogens with zero attached hydrogens (tertiary/aromatic N) is 1. The molecule has 0 aliphatic rings. The molecule has 0 aromatic heterocycles. The molecule has 0 aliphatic carbocycles. The van der Waals surface area contributed by atoms with Crippen molar-refractivity contribution in [1.29, 1.82) is 0 Å². The molecule has 1 aromatic rings. The van der Waals surface area contributed by atoms with Crippen LogP contribution < -0.4 is 10.8 Å². The lowest BCUT2D eigenvalue weighted by atomic mass is 10.1. The first-order chi connectivity index (χ1) is 11.0. The van der Waals surface area contributed by atoms with E-state index < -0.39 is 23.8 Å². The lowest BCUT2D eigenvalue weighted by Crippen LogP contribution is -2.54. The summed E-state index contributed by atoms with van der Waals surface area (Å²) in [4.78, 5) is 36.9. The topological polar surface area (TPSA) is 98.7 Å². The van der Waals surface area contributed by atoms with Crippen LogP contribution in [0.1, 0.15) is 35.7 Å². The van der Waals surface area contributed by atoms with Crippen molar-refractivity contribution in [3.8, 4) is 0 Å². The first kappa shape index (κ1) is 18.6. The number of benzene rings is 1. The second-order valence-corrected chi connectivity index (χ2v) is 5.21. The second kappa shape index (κ2) is 8.89. The van der Waals surface area contributed by atoms with Gasteiger partial charge in [0.15, 0.2) is 6.04 Å². The number of rotatable bonds is 7. The van der Waals surface area contributed by atoms with E-state index in [-0.39, 0.29) is 0 Å². The van der Waals surface area contributed by atoms with Crippen LogP contribution in [0.25, 0.3) is 0 Å². The van der Waals surface area contributed by atoms with E-state index in [0.29, 0.717) is 5.56 Å². The van der Waals surface area contributed by atoms with Crippen LogP contribution in [0.2, 0.25) is 0 Å². The molecule has 0 aliphatic heterocycles. The molecule has 7 nitrogen and oxygen atoms in total. The predicted octanol–water partition coefficient (Wildman–Crippen LogP) is 0.721. The first-order valence-corrected chi connectivity index (χ1v) is 7.47. The van der Waals surface area contributed by atoms with Gasteiger partial charge >= 0.3 is 0 Å². The molecule has 3 N–H and O–H groups in total. The summed E-state index contributed by atoms with van der Waals surface area (Å²) < 4.78 is 0. The molecule has 0 saturated heterocycles. The first-order valence-electron chi connectivity index (χ1n) is 7.47. The Morgan fingerprint density at radius 1 is 1.17 bits per heavy atom. The van der Waals surface area contributed by atoms with Gasteiger partial charge in [0.25, 0.3) is 17.7 Å². The molecule has 0 saturated carbocycles. The van der Waals surface area contributed by atoms with E-state index in [9.17, 15) is 14.4 Å². The van der Waals surface area contributed by atoms with E-state index in [1.54, 1.807) is 12.1 Å². The predicted molar refractivity (Wildman–Crippen MR) is 84.9 cm³/mol. The highest BCUT2D eigenvalue weighted by Crippen LogP contribution is 2.11. The van der Waals surface area contributed by atoms with Gasteiger partial charge in [-0.2, -0.15) is 0 Å². The number of carbonyl (C=O) groups excluding carboxylic acids is 3. The molecule has 1 atom stereocenters. The lowest BCUT2D eigenvalue weighted by molar-refractivity contribution is -0.140. The molecule has 1 rings (SSSR count).